The average Bonchev–Trinajstić information content (AvgIpc) is 3.70. The quantitative estimate of drug-likeness (QED) is 0.191. The summed E-state index contributed by atoms with van der Waals surface area (Å²) < 4.78 is 126. The van der Waals surface area contributed by atoms with Crippen LogP contribution in [0.5, 0.6) is 5.75 Å². The van der Waals surface area contributed by atoms with Gasteiger partial charge in [-0.3, -0.25) is 9.59 Å². The molecule has 1 heterocycles. The van der Waals surface area contributed by atoms with Gasteiger partial charge in [-0.05, 0) is 62.3 Å². The second-order valence-electron chi connectivity index (χ2n) is 11.5. The molecule has 0 unspecified atom stereocenters. The second kappa shape index (κ2) is 11.9. The Bertz CT molecular complexity index is 1620. The molecule has 5 rings (SSSR count). The van der Waals surface area contributed by atoms with E-state index in [2.05, 4.69) is 25.9 Å². The van der Waals surface area contributed by atoms with Crippen molar-refractivity contribution in [2.45, 2.75) is 69.6 Å². The number of nitrogens with one attached hydrogen (secondary N) is 4. The van der Waals surface area contributed by atoms with Crippen LogP contribution in [-0.4, -0.2) is 47.3 Å². The van der Waals surface area contributed by atoms with Crippen molar-refractivity contribution in [1.82, 2.24) is 20.6 Å². The first kappa shape index (κ1) is 33.2. The van der Waals surface area contributed by atoms with Crippen molar-refractivity contribution < 1.29 is 53.8 Å². The predicted molar refractivity (Wildman–Crippen MR) is 146 cm³/mol. The van der Waals surface area contributed by atoms with Crippen LogP contribution in [0.25, 0.3) is 11.0 Å². The van der Waals surface area contributed by atoms with E-state index in [1.54, 1.807) is 0 Å². The number of imidazole rings is 1. The van der Waals surface area contributed by atoms with Crippen LogP contribution in [-0.2, 0) is 17.5 Å². The summed E-state index contributed by atoms with van der Waals surface area (Å²) >= 11 is 0. The molecule has 17 heteroatoms. The van der Waals surface area contributed by atoms with Crippen molar-refractivity contribution in [3.05, 3.63) is 47.0 Å². The molecule has 2 amide bonds. The fourth-order valence-corrected chi connectivity index (χ4v) is 5.57. The van der Waals surface area contributed by atoms with Gasteiger partial charge in [0.05, 0.1) is 40.9 Å². The van der Waals surface area contributed by atoms with Crippen molar-refractivity contribution >= 4 is 34.5 Å². The standard InChI is InChI=1S/C29H28F9N5O3/c1-46-22-12-21-20(11-17(22)23(44)40-16-5-3-15(4-6-16)27(30,31)32)42-25(43-21)41-19-10-14(2-7-18(19)28(33,34)35)13-39-24(45)26(8-9-26)29(36,37)38/h2,7,10-12,15-16H,3-6,8-9,13H2,1H3,(H,39,45)(H,40,44)(H2,41,42,43). The first-order valence-corrected chi connectivity index (χ1v) is 14.2. The maximum atomic E-state index is 13.8. The van der Waals surface area contributed by atoms with Crippen LogP contribution >= 0.6 is 0 Å². The lowest BCUT2D eigenvalue weighted by Crippen LogP contribution is -2.40. The molecule has 0 bridgehead atoms. The molecule has 2 aliphatic carbocycles. The van der Waals surface area contributed by atoms with Gasteiger partial charge in [-0.25, -0.2) is 4.98 Å². The molecular weight excluding hydrogens is 637 g/mol. The Kier molecular flexibility index (Phi) is 8.57. The number of aromatic nitrogens is 2. The molecule has 8 nitrogen and oxygen atoms in total. The van der Waals surface area contributed by atoms with Gasteiger partial charge in [-0.2, -0.15) is 39.5 Å². The van der Waals surface area contributed by atoms with Crippen LogP contribution in [0.4, 0.5) is 51.1 Å². The monoisotopic (exact) mass is 665 g/mol. The van der Waals surface area contributed by atoms with Crippen molar-refractivity contribution in [3.63, 3.8) is 0 Å². The highest BCUT2D eigenvalue weighted by atomic mass is 19.4. The lowest BCUT2D eigenvalue weighted by Gasteiger charge is -2.30. The fraction of sp³-hybridized carbons (Fsp3) is 0.483. The number of alkyl halides is 9. The summed E-state index contributed by atoms with van der Waals surface area (Å²) in [5.74, 6) is -3.41. The van der Waals surface area contributed by atoms with E-state index in [9.17, 15) is 49.1 Å². The highest BCUT2D eigenvalue weighted by Crippen LogP contribution is 2.57. The first-order valence-electron chi connectivity index (χ1n) is 14.2. The zero-order chi connectivity index (χ0) is 33.7. The van der Waals surface area contributed by atoms with Gasteiger partial charge >= 0.3 is 18.5 Å². The van der Waals surface area contributed by atoms with Crippen LogP contribution in [0.3, 0.4) is 0 Å². The van der Waals surface area contributed by atoms with Gasteiger partial charge < -0.3 is 25.7 Å². The molecular formula is C29H28F9N5O3. The summed E-state index contributed by atoms with van der Waals surface area (Å²) in [5.41, 5.74) is -3.61. The predicted octanol–water partition coefficient (Wildman–Crippen LogP) is 7.14. The number of amides is 2. The topological polar surface area (TPSA) is 108 Å². The molecule has 3 aromatic rings. The van der Waals surface area contributed by atoms with E-state index in [-0.39, 0.29) is 72.4 Å². The number of methoxy groups -OCH3 is 1. The van der Waals surface area contributed by atoms with E-state index < -0.39 is 65.5 Å². The number of benzene rings is 2. The highest BCUT2D eigenvalue weighted by Gasteiger charge is 2.68. The number of aromatic amines is 1. The summed E-state index contributed by atoms with van der Waals surface area (Å²) in [7, 11) is 1.28. The van der Waals surface area contributed by atoms with Crippen LogP contribution in [0.1, 0.15) is 60.0 Å². The third-order valence-electron chi connectivity index (χ3n) is 8.40. The number of carbonyl (C=O) groups is 2. The van der Waals surface area contributed by atoms with Crippen LogP contribution in [0.2, 0.25) is 0 Å². The van der Waals surface area contributed by atoms with Crippen molar-refractivity contribution in [3.8, 4) is 5.75 Å². The normalized spacial score (nSPS) is 19.9. The van der Waals surface area contributed by atoms with Crippen LogP contribution in [0, 0.1) is 11.3 Å². The Labute approximate surface area is 255 Å². The number of hydrogen-bond donors (Lipinski definition) is 4. The molecule has 4 N–H and O–H groups in total. The SMILES string of the molecule is COc1cc2[nH]c(Nc3cc(CNC(=O)C4(C(F)(F)F)CC4)ccc3C(F)(F)F)nc2cc1C(=O)NC1CCC(C(F)(F)F)CC1. The Hall–Kier alpha value is -4.18. The molecule has 2 saturated carbocycles. The summed E-state index contributed by atoms with van der Waals surface area (Å²) in [5, 5.41) is 7.38. The Morgan fingerprint density at radius 3 is 2.22 bits per heavy atom. The minimum absolute atomic E-state index is 0.00649. The van der Waals surface area contributed by atoms with Gasteiger partial charge in [0.25, 0.3) is 5.91 Å². The van der Waals surface area contributed by atoms with Crippen molar-refractivity contribution in [2.24, 2.45) is 11.3 Å². The zero-order valence-electron chi connectivity index (χ0n) is 24.1. The molecule has 46 heavy (non-hydrogen) atoms. The van der Waals surface area contributed by atoms with Crippen molar-refractivity contribution in [1.29, 1.82) is 0 Å². The number of nitrogens with zero attached hydrogens (tertiary/aromatic N) is 1. The average molecular weight is 666 g/mol. The first-order chi connectivity index (χ1) is 21.4. The van der Waals surface area contributed by atoms with Gasteiger partial charge in [-0.1, -0.05) is 6.07 Å². The number of hydrogen-bond acceptors (Lipinski definition) is 5. The zero-order valence-corrected chi connectivity index (χ0v) is 24.1. The van der Waals surface area contributed by atoms with Gasteiger partial charge in [0, 0.05) is 18.7 Å². The van der Waals surface area contributed by atoms with E-state index in [4.69, 9.17) is 4.74 Å². The lowest BCUT2D eigenvalue weighted by atomic mass is 9.85. The lowest BCUT2D eigenvalue weighted by molar-refractivity contribution is -0.192. The molecule has 0 spiro atoms. The molecule has 2 aliphatic rings. The van der Waals surface area contributed by atoms with E-state index in [0.717, 1.165) is 18.2 Å². The number of fused-ring (bicyclic) bond motifs is 1. The number of anilines is 2. The van der Waals surface area contributed by atoms with Crippen molar-refractivity contribution in [2.75, 3.05) is 12.4 Å². The summed E-state index contributed by atoms with van der Waals surface area (Å²) in [6.07, 6.45) is -14.6. The van der Waals surface area contributed by atoms with E-state index in [1.807, 2.05) is 0 Å². The third-order valence-corrected chi connectivity index (χ3v) is 8.40. The number of carbonyl (C=O) groups excluding carboxylic acids is 2. The number of rotatable bonds is 8. The number of H-pyrrole nitrogens is 1. The molecule has 1 aromatic heterocycles. The fourth-order valence-electron chi connectivity index (χ4n) is 5.57. The summed E-state index contributed by atoms with van der Waals surface area (Å²) in [6, 6.07) is 4.98. The number of halogens is 9. The van der Waals surface area contributed by atoms with Gasteiger partial charge in [-0.15, -0.1) is 0 Å². The molecule has 0 aliphatic heterocycles. The molecule has 2 fully saturated rings. The Balaban J connectivity index is 1.34. The minimum atomic E-state index is -4.84. The van der Waals surface area contributed by atoms with Crippen LogP contribution in [0.15, 0.2) is 30.3 Å². The van der Waals surface area contributed by atoms with E-state index in [1.165, 1.54) is 19.2 Å². The molecule has 2 aromatic carbocycles. The maximum absolute atomic E-state index is 13.8. The Morgan fingerprint density at radius 1 is 0.978 bits per heavy atom. The van der Waals surface area contributed by atoms with E-state index in [0.29, 0.717) is 0 Å². The summed E-state index contributed by atoms with van der Waals surface area (Å²) in [4.78, 5) is 32.3. The van der Waals surface area contributed by atoms with E-state index >= 15 is 0 Å². The second-order valence-corrected chi connectivity index (χ2v) is 11.5. The minimum Gasteiger partial charge on any atom is -0.496 e. The van der Waals surface area contributed by atoms with Gasteiger partial charge in [0.2, 0.25) is 11.9 Å². The molecule has 0 saturated heterocycles. The largest absolute Gasteiger partial charge is 0.496 e. The Morgan fingerprint density at radius 2 is 1.65 bits per heavy atom. The van der Waals surface area contributed by atoms with Gasteiger partial charge in [0.1, 0.15) is 11.2 Å². The summed E-state index contributed by atoms with van der Waals surface area (Å²) in [6.45, 7) is -0.461. The molecule has 0 atom stereocenters. The maximum Gasteiger partial charge on any atom is 0.418 e. The highest BCUT2D eigenvalue weighted by molar-refractivity contribution is 6.01. The van der Waals surface area contributed by atoms with Gasteiger partial charge in [0.15, 0.2) is 0 Å². The number of ether oxygens (including phenoxy) is 1. The molecule has 0 radical (unpaired) electrons. The smallest absolute Gasteiger partial charge is 0.418 e. The molecule has 250 valence electrons. The third kappa shape index (κ3) is 6.82. The van der Waals surface area contributed by atoms with Crippen LogP contribution < -0.4 is 20.7 Å².